The summed E-state index contributed by atoms with van der Waals surface area (Å²) in [5.74, 6) is 1.16. The molecule has 1 aliphatic heterocycles. The van der Waals surface area contributed by atoms with E-state index in [0.717, 1.165) is 37.7 Å². The number of benzene rings is 1. The Bertz CT molecular complexity index is 568. The van der Waals surface area contributed by atoms with Gasteiger partial charge in [0.2, 0.25) is 0 Å². The van der Waals surface area contributed by atoms with E-state index in [1.165, 1.54) is 19.3 Å². The van der Waals surface area contributed by atoms with Crippen molar-refractivity contribution in [1.82, 2.24) is 0 Å². The SMILES string of the molecule is COc1cc(CCC2(CCC3CCCCC3CO)OCCO2)ccc1O. The first-order valence-electron chi connectivity index (χ1n) is 9.90. The van der Waals surface area contributed by atoms with Crippen LogP contribution in [-0.4, -0.2) is 42.9 Å². The van der Waals surface area contributed by atoms with Gasteiger partial charge in [0.25, 0.3) is 0 Å². The molecule has 0 bridgehead atoms. The lowest BCUT2D eigenvalue weighted by molar-refractivity contribution is -0.170. The molecule has 2 aliphatic rings. The lowest BCUT2D eigenvalue weighted by atomic mass is 9.76. The molecule has 1 aliphatic carbocycles. The Morgan fingerprint density at radius 2 is 1.85 bits per heavy atom. The van der Waals surface area contributed by atoms with Crippen LogP contribution in [0.25, 0.3) is 0 Å². The van der Waals surface area contributed by atoms with E-state index in [2.05, 4.69) is 0 Å². The molecule has 1 aromatic rings. The average Bonchev–Trinajstić information content (AvgIpc) is 3.15. The van der Waals surface area contributed by atoms with Crippen molar-refractivity contribution in [2.45, 2.75) is 57.2 Å². The molecule has 2 N–H and O–H groups in total. The number of ether oxygens (including phenoxy) is 3. The zero-order valence-corrected chi connectivity index (χ0v) is 15.8. The summed E-state index contributed by atoms with van der Waals surface area (Å²) in [5.41, 5.74) is 1.10. The first-order valence-corrected chi connectivity index (χ1v) is 9.90. The molecule has 2 unspecified atom stereocenters. The molecule has 3 rings (SSSR count). The number of aliphatic hydroxyl groups is 1. The number of phenols is 1. The first kappa shape index (κ1) is 19.5. The Kier molecular flexibility index (Phi) is 6.79. The molecule has 26 heavy (non-hydrogen) atoms. The van der Waals surface area contributed by atoms with Crippen molar-refractivity contribution in [3.63, 3.8) is 0 Å². The highest BCUT2D eigenvalue weighted by molar-refractivity contribution is 5.41. The van der Waals surface area contributed by atoms with E-state index in [-0.39, 0.29) is 5.75 Å². The topological polar surface area (TPSA) is 68.2 Å². The molecule has 2 fully saturated rings. The van der Waals surface area contributed by atoms with Crippen molar-refractivity contribution in [3.05, 3.63) is 23.8 Å². The Morgan fingerprint density at radius 1 is 1.12 bits per heavy atom. The van der Waals surface area contributed by atoms with Gasteiger partial charge in [0.15, 0.2) is 17.3 Å². The largest absolute Gasteiger partial charge is 0.504 e. The molecular formula is C21H32O5. The van der Waals surface area contributed by atoms with Gasteiger partial charge in [-0.15, -0.1) is 0 Å². The number of aliphatic hydroxyl groups excluding tert-OH is 1. The summed E-state index contributed by atoms with van der Waals surface area (Å²) in [6.07, 6.45) is 8.38. The molecule has 0 spiro atoms. The van der Waals surface area contributed by atoms with E-state index in [0.29, 0.717) is 37.4 Å². The minimum atomic E-state index is -0.511. The molecule has 5 heteroatoms. The highest BCUT2D eigenvalue weighted by Gasteiger charge is 2.37. The molecule has 146 valence electrons. The summed E-state index contributed by atoms with van der Waals surface area (Å²) in [5, 5.41) is 19.4. The van der Waals surface area contributed by atoms with Crippen LogP contribution < -0.4 is 4.74 Å². The lowest BCUT2D eigenvalue weighted by Crippen LogP contribution is -2.33. The molecule has 0 radical (unpaired) electrons. The second-order valence-corrected chi connectivity index (χ2v) is 7.64. The van der Waals surface area contributed by atoms with Gasteiger partial charge < -0.3 is 24.4 Å². The highest BCUT2D eigenvalue weighted by atomic mass is 16.7. The van der Waals surface area contributed by atoms with Crippen molar-refractivity contribution in [2.24, 2.45) is 11.8 Å². The number of methoxy groups -OCH3 is 1. The van der Waals surface area contributed by atoms with Crippen molar-refractivity contribution < 1.29 is 24.4 Å². The fraction of sp³-hybridized carbons (Fsp3) is 0.714. The molecule has 1 saturated carbocycles. The molecule has 2 atom stereocenters. The van der Waals surface area contributed by atoms with Gasteiger partial charge in [0.1, 0.15) is 0 Å². The predicted octanol–water partition coefficient (Wildman–Crippen LogP) is 3.66. The Balaban J connectivity index is 1.59. The summed E-state index contributed by atoms with van der Waals surface area (Å²) in [6.45, 7) is 1.59. The number of rotatable bonds is 8. The molecule has 0 amide bonds. The maximum Gasteiger partial charge on any atom is 0.168 e. The first-order chi connectivity index (χ1) is 12.7. The van der Waals surface area contributed by atoms with Crippen LogP contribution in [0.3, 0.4) is 0 Å². The van der Waals surface area contributed by atoms with Crippen LogP contribution in [0.5, 0.6) is 11.5 Å². The minimum absolute atomic E-state index is 0.159. The van der Waals surface area contributed by atoms with Gasteiger partial charge in [0.05, 0.1) is 20.3 Å². The van der Waals surface area contributed by atoms with Gasteiger partial charge in [-0.05, 0) is 48.8 Å². The van der Waals surface area contributed by atoms with Gasteiger partial charge in [0, 0.05) is 19.4 Å². The second-order valence-electron chi connectivity index (χ2n) is 7.64. The molecular weight excluding hydrogens is 332 g/mol. The third-order valence-electron chi connectivity index (χ3n) is 6.05. The zero-order chi connectivity index (χ0) is 18.4. The predicted molar refractivity (Wildman–Crippen MR) is 99.4 cm³/mol. The summed E-state index contributed by atoms with van der Waals surface area (Å²) >= 11 is 0. The number of hydrogen-bond donors (Lipinski definition) is 2. The van der Waals surface area contributed by atoms with E-state index in [1.807, 2.05) is 12.1 Å². The summed E-state index contributed by atoms with van der Waals surface area (Å²) in [6, 6.07) is 5.47. The summed E-state index contributed by atoms with van der Waals surface area (Å²) in [4.78, 5) is 0. The molecule has 1 heterocycles. The van der Waals surface area contributed by atoms with Crippen LogP contribution in [-0.2, 0) is 15.9 Å². The standard InChI is InChI=1S/C21H32O5/c1-24-20-14-16(6-7-19(20)23)8-10-21(25-12-13-26-21)11-9-17-4-2-3-5-18(17)15-22/h6-7,14,17-18,22-23H,2-5,8-13,15H2,1H3. The maximum absolute atomic E-state index is 9.75. The third-order valence-corrected chi connectivity index (χ3v) is 6.05. The van der Waals surface area contributed by atoms with Crippen LogP contribution in [0.4, 0.5) is 0 Å². The van der Waals surface area contributed by atoms with Gasteiger partial charge >= 0.3 is 0 Å². The number of aromatic hydroxyl groups is 1. The molecule has 5 nitrogen and oxygen atoms in total. The quantitative estimate of drug-likeness (QED) is 0.737. The highest BCUT2D eigenvalue weighted by Crippen LogP contribution is 2.38. The molecule has 0 aromatic heterocycles. The third kappa shape index (κ3) is 4.70. The number of aryl methyl sites for hydroxylation is 1. The fourth-order valence-corrected chi connectivity index (χ4v) is 4.43. The monoisotopic (exact) mass is 364 g/mol. The average molecular weight is 364 g/mol. The maximum atomic E-state index is 9.75. The van der Waals surface area contributed by atoms with E-state index in [1.54, 1.807) is 13.2 Å². The number of phenolic OH excluding ortho intramolecular Hbond substituents is 1. The summed E-state index contributed by atoms with van der Waals surface area (Å²) < 4.78 is 17.3. The van der Waals surface area contributed by atoms with Crippen molar-refractivity contribution in [3.8, 4) is 11.5 Å². The van der Waals surface area contributed by atoms with Gasteiger partial charge in [-0.2, -0.15) is 0 Å². The van der Waals surface area contributed by atoms with Gasteiger partial charge in [-0.1, -0.05) is 25.3 Å². The Labute approximate surface area is 156 Å². The second kappa shape index (κ2) is 9.07. The Hall–Kier alpha value is -1.30. The fourth-order valence-electron chi connectivity index (χ4n) is 4.43. The normalized spacial score (nSPS) is 25.3. The smallest absolute Gasteiger partial charge is 0.168 e. The van der Waals surface area contributed by atoms with Crippen molar-refractivity contribution in [2.75, 3.05) is 26.9 Å². The molecule has 1 aromatic carbocycles. The van der Waals surface area contributed by atoms with E-state index in [9.17, 15) is 10.2 Å². The minimum Gasteiger partial charge on any atom is -0.504 e. The lowest BCUT2D eigenvalue weighted by Gasteiger charge is -2.34. The van der Waals surface area contributed by atoms with Crippen LogP contribution in [0.1, 0.15) is 50.5 Å². The van der Waals surface area contributed by atoms with Crippen LogP contribution in [0, 0.1) is 11.8 Å². The van der Waals surface area contributed by atoms with E-state index >= 15 is 0 Å². The molecule has 1 saturated heterocycles. The van der Waals surface area contributed by atoms with Crippen LogP contribution in [0.15, 0.2) is 18.2 Å². The van der Waals surface area contributed by atoms with Gasteiger partial charge in [-0.25, -0.2) is 0 Å². The van der Waals surface area contributed by atoms with Crippen LogP contribution in [0.2, 0.25) is 0 Å². The van der Waals surface area contributed by atoms with Crippen molar-refractivity contribution in [1.29, 1.82) is 0 Å². The van der Waals surface area contributed by atoms with Gasteiger partial charge in [-0.3, -0.25) is 0 Å². The summed E-state index contributed by atoms with van der Waals surface area (Å²) in [7, 11) is 1.56. The van der Waals surface area contributed by atoms with Crippen LogP contribution >= 0.6 is 0 Å². The van der Waals surface area contributed by atoms with E-state index < -0.39 is 5.79 Å². The van der Waals surface area contributed by atoms with Crippen molar-refractivity contribution >= 4 is 0 Å². The number of hydrogen-bond acceptors (Lipinski definition) is 5. The van der Waals surface area contributed by atoms with E-state index in [4.69, 9.17) is 14.2 Å². The zero-order valence-electron chi connectivity index (χ0n) is 15.8. The Morgan fingerprint density at radius 3 is 2.54 bits per heavy atom.